The molecule has 2 unspecified atom stereocenters. The molecule has 2 heterocycles. The molecule has 1 N–H and O–H groups in total. The van der Waals surface area contributed by atoms with Crippen LogP contribution in [0.15, 0.2) is 29.6 Å². The number of hydrogen-bond acceptors (Lipinski definition) is 7. The SMILES string of the molecule is COc1cc(C(=O)OCC(=O)N2CC(C)CC(C)C2)cc(NC(=O)c2cccs2)c1OC. The second-order valence-electron chi connectivity index (χ2n) is 8.01. The number of piperidine rings is 1. The minimum atomic E-state index is -0.691. The average molecular weight is 461 g/mol. The molecule has 172 valence electrons. The predicted molar refractivity (Wildman–Crippen MR) is 122 cm³/mol. The number of nitrogens with one attached hydrogen (secondary N) is 1. The summed E-state index contributed by atoms with van der Waals surface area (Å²) in [6.07, 6.45) is 1.08. The molecule has 0 bridgehead atoms. The Hall–Kier alpha value is -3.07. The van der Waals surface area contributed by atoms with Crippen LogP contribution in [0.3, 0.4) is 0 Å². The van der Waals surface area contributed by atoms with Crippen molar-refractivity contribution in [2.24, 2.45) is 11.8 Å². The van der Waals surface area contributed by atoms with Gasteiger partial charge in [0.15, 0.2) is 18.1 Å². The average Bonchev–Trinajstić information content (AvgIpc) is 3.31. The van der Waals surface area contributed by atoms with Crippen LogP contribution in [-0.4, -0.2) is 56.6 Å². The number of nitrogens with zero attached hydrogens (tertiary/aromatic N) is 1. The molecular formula is C23H28N2O6S. The monoisotopic (exact) mass is 460 g/mol. The Labute approximate surface area is 191 Å². The highest BCUT2D eigenvalue weighted by Crippen LogP contribution is 2.37. The van der Waals surface area contributed by atoms with Crippen molar-refractivity contribution in [3.8, 4) is 11.5 Å². The first-order valence-corrected chi connectivity index (χ1v) is 11.3. The second-order valence-corrected chi connectivity index (χ2v) is 8.96. The van der Waals surface area contributed by atoms with Gasteiger partial charge in [0.05, 0.1) is 30.3 Å². The van der Waals surface area contributed by atoms with Crippen molar-refractivity contribution < 1.29 is 28.6 Å². The molecular weight excluding hydrogens is 432 g/mol. The summed E-state index contributed by atoms with van der Waals surface area (Å²) in [5.74, 6) is 0.120. The number of hydrogen-bond donors (Lipinski definition) is 1. The largest absolute Gasteiger partial charge is 0.493 e. The third-order valence-electron chi connectivity index (χ3n) is 5.26. The van der Waals surface area contributed by atoms with Crippen LogP contribution in [0.4, 0.5) is 5.69 Å². The number of methoxy groups -OCH3 is 2. The molecule has 1 fully saturated rings. The van der Waals surface area contributed by atoms with E-state index in [-0.39, 0.29) is 41.2 Å². The highest BCUT2D eigenvalue weighted by atomic mass is 32.1. The van der Waals surface area contributed by atoms with Crippen LogP contribution in [0, 0.1) is 11.8 Å². The van der Waals surface area contributed by atoms with Gasteiger partial charge in [0.2, 0.25) is 0 Å². The van der Waals surface area contributed by atoms with Crippen molar-refractivity contribution in [2.75, 3.05) is 39.2 Å². The zero-order valence-electron chi connectivity index (χ0n) is 18.7. The van der Waals surface area contributed by atoms with E-state index in [1.54, 1.807) is 22.4 Å². The summed E-state index contributed by atoms with van der Waals surface area (Å²) >= 11 is 1.29. The van der Waals surface area contributed by atoms with Crippen molar-refractivity contribution in [1.29, 1.82) is 0 Å². The van der Waals surface area contributed by atoms with Gasteiger partial charge in [-0.25, -0.2) is 4.79 Å². The molecule has 1 aromatic heterocycles. The lowest BCUT2D eigenvalue weighted by Crippen LogP contribution is -2.44. The Morgan fingerprint density at radius 1 is 1.12 bits per heavy atom. The number of thiophene rings is 1. The minimum Gasteiger partial charge on any atom is -0.493 e. The number of likely N-dealkylation sites (tertiary alicyclic amines) is 1. The summed E-state index contributed by atoms with van der Waals surface area (Å²) < 4.78 is 16.0. The molecule has 1 aromatic carbocycles. The van der Waals surface area contributed by atoms with E-state index in [4.69, 9.17) is 14.2 Å². The Morgan fingerprint density at radius 2 is 1.84 bits per heavy atom. The number of esters is 1. The molecule has 0 spiro atoms. The van der Waals surface area contributed by atoms with Gasteiger partial charge < -0.3 is 24.4 Å². The summed E-state index contributed by atoms with van der Waals surface area (Å²) in [6, 6.07) is 6.37. The van der Waals surface area contributed by atoms with Crippen molar-refractivity contribution in [3.63, 3.8) is 0 Å². The van der Waals surface area contributed by atoms with Crippen molar-refractivity contribution in [3.05, 3.63) is 40.1 Å². The fraction of sp³-hybridized carbons (Fsp3) is 0.435. The first kappa shape index (κ1) is 23.6. The van der Waals surface area contributed by atoms with Gasteiger partial charge in [-0.15, -0.1) is 11.3 Å². The smallest absolute Gasteiger partial charge is 0.338 e. The Kier molecular flexibility index (Phi) is 7.74. The van der Waals surface area contributed by atoms with Gasteiger partial charge in [0.1, 0.15) is 0 Å². The molecule has 0 radical (unpaired) electrons. The molecule has 0 aliphatic carbocycles. The molecule has 0 saturated carbocycles. The van der Waals surface area contributed by atoms with Crippen LogP contribution < -0.4 is 14.8 Å². The maximum Gasteiger partial charge on any atom is 0.338 e. The van der Waals surface area contributed by atoms with Gasteiger partial charge in [0, 0.05) is 13.1 Å². The van der Waals surface area contributed by atoms with Gasteiger partial charge in [-0.3, -0.25) is 9.59 Å². The van der Waals surface area contributed by atoms with Crippen molar-refractivity contribution >= 4 is 34.8 Å². The molecule has 3 rings (SSSR count). The second kappa shape index (κ2) is 10.5. The maximum absolute atomic E-state index is 12.7. The number of rotatable bonds is 7. The van der Waals surface area contributed by atoms with Gasteiger partial charge >= 0.3 is 5.97 Å². The normalized spacial score (nSPS) is 18.1. The van der Waals surface area contributed by atoms with Crippen LogP contribution in [0.5, 0.6) is 11.5 Å². The molecule has 2 aromatic rings. The van der Waals surface area contributed by atoms with E-state index < -0.39 is 5.97 Å². The van der Waals surface area contributed by atoms with Crippen LogP contribution in [-0.2, 0) is 9.53 Å². The third kappa shape index (κ3) is 5.59. The zero-order chi connectivity index (χ0) is 23.3. The number of amides is 2. The van der Waals surface area contributed by atoms with Crippen LogP contribution in [0.25, 0.3) is 0 Å². The topological polar surface area (TPSA) is 94.2 Å². The number of ether oxygens (including phenoxy) is 3. The number of benzene rings is 1. The molecule has 2 atom stereocenters. The van der Waals surface area contributed by atoms with E-state index in [1.165, 1.54) is 37.7 Å². The summed E-state index contributed by atoms with van der Waals surface area (Å²) in [5, 5.41) is 4.54. The van der Waals surface area contributed by atoms with Gasteiger partial charge in [0.25, 0.3) is 11.8 Å². The zero-order valence-corrected chi connectivity index (χ0v) is 19.5. The van der Waals surface area contributed by atoms with E-state index in [2.05, 4.69) is 19.2 Å². The van der Waals surface area contributed by atoms with Gasteiger partial charge in [-0.2, -0.15) is 0 Å². The summed E-state index contributed by atoms with van der Waals surface area (Å²) in [6.45, 7) is 5.20. The fourth-order valence-electron chi connectivity index (χ4n) is 3.94. The Balaban J connectivity index is 1.74. The quantitative estimate of drug-likeness (QED) is 0.634. The van der Waals surface area contributed by atoms with Crippen LogP contribution in [0.2, 0.25) is 0 Å². The van der Waals surface area contributed by atoms with Crippen LogP contribution in [0.1, 0.15) is 40.3 Å². The molecule has 1 saturated heterocycles. The molecule has 2 amide bonds. The standard InChI is InChI=1S/C23H28N2O6S/c1-14-8-15(2)12-25(11-14)20(26)13-31-23(28)16-9-17(21(30-4)18(10-16)29-3)24-22(27)19-6-5-7-32-19/h5-7,9-10,14-15H,8,11-13H2,1-4H3,(H,24,27). The van der Waals surface area contributed by atoms with E-state index >= 15 is 0 Å². The fourth-order valence-corrected chi connectivity index (χ4v) is 4.55. The summed E-state index contributed by atoms with van der Waals surface area (Å²) in [7, 11) is 2.87. The molecule has 32 heavy (non-hydrogen) atoms. The first-order chi connectivity index (χ1) is 15.3. The van der Waals surface area contributed by atoms with Crippen molar-refractivity contribution in [2.45, 2.75) is 20.3 Å². The first-order valence-electron chi connectivity index (χ1n) is 10.4. The highest BCUT2D eigenvalue weighted by Gasteiger charge is 2.26. The van der Waals surface area contributed by atoms with Gasteiger partial charge in [-0.05, 0) is 41.8 Å². The highest BCUT2D eigenvalue weighted by molar-refractivity contribution is 7.12. The summed E-state index contributed by atoms with van der Waals surface area (Å²) in [5.41, 5.74) is 0.402. The number of carbonyl (C=O) groups is 3. The predicted octanol–water partition coefficient (Wildman–Crippen LogP) is 3.68. The number of carbonyl (C=O) groups excluding carboxylic acids is 3. The minimum absolute atomic E-state index is 0.136. The molecule has 8 nitrogen and oxygen atoms in total. The van der Waals surface area contributed by atoms with E-state index in [0.717, 1.165) is 6.42 Å². The van der Waals surface area contributed by atoms with Crippen molar-refractivity contribution in [1.82, 2.24) is 4.90 Å². The van der Waals surface area contributed by atoms with Crippen LogP contribution >= 0.6 is 11.3 Å². The van der Waals surface area contributed by atoms with E-state index in [9.17, 15) is 14.4 Å². The lowest BCUT2D eigenvalue weighted by Gasteiger charge is -2.34. The lowest BCUT2D eigenvalue weighted by molar-refractivity contribution is -0.137. The molecule has 1 aliphatic rings. The molecule has 9 heteroatoms. The lowest BCUT2D eigenvalue weighted by atomic mass is 9.92. The molecule has 1 aliphatic heterocycles. The maximum atomic E-state index is 12.7. The Morgan fingerprint density at radius 3 is 2.44 bits per heavy atom. The number of anilines is 1. The summed E-state index contributed by atoms with van der Waals surface area (Å²) in [4.78, 5) is 40.0. The van der Waals surface area contributed by atoms with Gasteiger partial charge in [-0.1, -0.05) is 19.9 Å². The Bertz CT molecular complexity index is 965. The van der Waals surface area contributed by atoms with E-state index in [1.807, 2.05) is 0 Å². The third-order valence-corrected chi connectivity index (χ3v) is 6.12. The van der Waals surface area contributed by atoms with E-state index in [0.29, 0.717) is 29.8 Å².